The largest absolute Gasteiger partial charge is 0.504 e. The lowest BCUT2D eigenvalue weighted by molar-refractivity contribution is -0.116. The number of nitrogens with one attached hydrogen (secondary N) is 1. The number of benzene rings is 2. The van der Waals surface area contributed by atoms with Gasteiger partial charge in [0.15, 0.2) is 23.0 Å². The van der Waals surface area contributed by atoms with Crippen LogP contribution < -0.4 is 14.8 Å². The minimum absolute atomic E-state index is 0.112. The van der Waals surface area contributed by atoms with E-state index >= 15 is 0 Å². The van der Waals surface area contributed by atoms with Crippen molar-refractivity contribution in [2.75, 3.05) is 14.2 Å². The predicted molar refractivity (Wildman–Crippen MR) is 91.9 cm³/mol. The Morgan fingerprint density at radius 1 is 1.04 bits per heavy atom. The molecule has 4 N–H and O–H groups in total. The average molecular weight is 345 g/mol. The fourth-order valence-electron chi connectivity index (χ4n) is 2.11. The van der Waals surface area contributed by atoms with Crippen LogP contribution in [0.2, 0.25) is 0 Å². The molecule has 7 nitrogen and oxygen atoms in total. The molecule has 0 aromatic heterocycles. The quantitative estimate of drug-likeness (QED) is 0.472. The van der Waals surface area contributed by atoms with Gasteiger partial charge in [0.25, 0.3) is 0 Å². The zero-order valence-corrected chi connectivity index (χ0v) is 13.8. The fraction of sp³-hybridized carbons (Fsp3) is 0.167. The lowest BCUT2D eigenvalue weighted by Crippen LogP contribution is -2.20. The first-order chi connectivity index (χ1) is 11.9. The van der Waals surface area contributed by atoms with E-state index in [0.717, 1.165) is 0 Å². The summed E-state index contributed by atoms with van der Waals surface area (Å²) in [7, 11) is 2.84. The molecule has 0 radical (unpaired) electrons. The summed E-state index contributed by atoms with van der Waals surface area (Å²) in [5.41, 5.74) is 1.26. The fourth-order valence-corrected chi connectivity index (χ4v) is 2.11. The van der Waals surface area contributed by atoms with Gasteiger partial charge in [0.05, 0.1) is 14.2 Å². The summed E-state index contributed by atoms with van der Waals surface area (Å²) in [5, 5.41) is 31.2. The van der Waals surface area contributed by atoms with Crippen molar-refractivity contribution >= 4 is 12.0 Å². The van der Waals surface area contributed by atoms with E-state index in [9.17, 15) is 20.1 Å². The molecule has 0 fully saturated rings. The number of hydrogen-bond acceptors (Lipinski definition) is 6. The molecule has 2 aromatic carbocycles. The van der Waals surface area contributed by atoms with Crippen LogP contribution >= 0.6 is 0 Å². The molecule has 0 atom stereocenters. The van der Waals surface area contributed by atoms with Gasteiger partial charge in [-0.1, -0.05) is 6.07 Å². The molecule has 0 aliphatic carbocycles. The third-order valence-corrected chi connectivity index (χ3v) is 3.44. The summed E-state index contributed by atoms with van der Waals surface area (Å²) in [6, 6.07) is 7.45. The van der Waals surface area contributed by atoms with Gasteiger partial charge < -0.3 is 30.1 Å². The van der Waals surface area contributed by atoms with Crippen molar-refractivity contribution in [3.8, 4) is 28.7 Å². The number of phenolic OH excluding ortho intramolecular Hbond substituents is 3. The number of aromatic hydroxyl groups is 3. The normalized spacial score (nSPS) is 10.6. The number of phenols is 3. The second-order valence-corrected chi connectivity index (χ2v) is 5.15. The van der Waals surface area contributed by atoms with Crippen LogP contribution in [0, 0.1) is 0 Å². The van der Waals surface area contributed by atoms with E-state index in [0.29, 0.717) is 11.1 Å². The molecule has 0 spiro atoms. The van der Waals surface area contributed by atoms with E-state index in [1.807, 2.05) is 0 Å². The number of ether oxygens (including phenoxy) is 2. The maximum absolute atomic E-state index is 11.9. The molecule has 0 aliphatic heterocycles. The maximum atomic E-state index is 11.9. The number of amides is 1. The van der Waals surface area contributed by atoms with Crippen molar-refractivity contribution in [3.05, 3.63) is 47.5 Å². The minimum Gasteiger partial charge on any atom is -0.504 e. The highest BCUT2D eigenvalue weighted by Crippen LogP contribution is 2.37. The van der Waals surface area contributed by atoms with E-state index in [-0.39, 0.29) is 41.2 Å². The summed E-state index contributed by atoms with van der Waals surface area (Å²) in [4.78, 5) is 11.9. The van der Waals surface area contributed by atoms with E-state index < -0.39 is 0 Å². The number of hydrogen-bond donors (Lipinski definition) is 4. The first-order valence-electron chi connectivity index (χ1n) is 7.36. The van der Waals surface area contributed by atoms with Crippen molar-refractivity contribution in [3.63, 3.8) is 0 Å². The molecule has 25 heavy (non-hydrogen) atoms. The molecule has 2 rings (SSSR count). The van der Waals surface area contributed by atoms with Gasteiger partial charge in [0.2, 0.25) is 11.7 Å². The monoisotopic (exact) mass is 345 g/mol. The highest BCUT2D eigenvalue weighted by atomic mass is 16.5. The highest BCUT2D eigenvalue weighted by molar-refractivity contribution is 5.91. The lowest BCUT2D eigenvalue weighted by Gasteiger charge is -2.09. The van der Waals surface area contributed by atoms with Gasteiger partial charge in [0, 0.05) is 12.6 Å². The average Bonchev–Trinajstić information content (AvgIpc) is 2.61. The lowest BCUT2D eigenvalue weighted by atomic mass is 10.1. The van der Waals surface area contributed by atoms with Crippen LogP contribution in [-0.2, 0) is 11.3 Å². The molecule has 0 heterocycles. The van der Waals surface area contributed by atoms with Crippen LogP contribution in [0.3, 0.4) is 0 Å². The zero-order valence-electron chi connectivity index (χ0n) is 13.8. The van der Waals surface area contributed by atoms with Crippen molar-refractivity contribution in [2.45, 2.75) is 6.54 Å². The Morgan fingerprint density at radius 3 is 2.24 bits per heavy atom. The van der Waals surface area contributed by atoms with E-state index in [1.165, 1.54) is 32.4 Å². The third kappa shape index (κ3) is 4.57. The first kappa shape index (κ1) is 18.0. The Hall–Kier alpha value is -3.35. The van der Waals surface area contributed by atoms with Gasteiger partial charge in [-0.3, -0.25) is 4.79 Å². The Labute approximate surface area is 144 Å². The molecule has 0 unspecified atom stereocenters. The summed E-state index contributed by atoms with van der Waals surface area (Å²) in [6.45, 7) is 0.194. The number of rotatable bonds is 6. The maximum Gasteiger partial charge on any atom is 0.244 e. The predicted octanol–water partition coefficient (Wildman–Crippen LogP) is 2.15. The molecule has 0 saturated carbocycles. The van der Waals surface area contributed by atoms with E-state index in [2.05, 4.69) is 5.32 Å². The molecule has 0 bridgehead atoms. The number of carbonyl (C=O) groups excluding carboxylic acids is 1. The van der Waals surface area contributed by atoms with Gasteiger partial charge in [-0.05, 0) is 41.5 Å². The van der Waals surface area contributed by atoms with Gasteiger partial charge in [-0.25, -0.2) is 0 Å². The molecule has 2 aromatic rings. The number of methoxy groups -OCH3 is 2. The van der Waals surface area contributed by atoms with Gasteiger partial charge in [-0.15, -0.1) is 0 Å². The standard InChI is InChI=1S/C18H19NO6/c1-24-15-8-11(9-16(25-2)18(15)23)4-6-17(22)19-10-12-3-5-13(20)14(21)7-12/h3-9,20-21,23H,10H2,1-2H3,(H,19,22)/b6-4+. The molecular weight excluding hydrogens is 326 g/mol. The van der Waals surface area contributed by atoms with Crippen molar-refractivity contribution < 1.29 is 29.6 Å². The molecular formula is C18H19NO6. The van der Waals surface area contributed by atoms with E-state index in [4.69, 9.17) is 9.47 Å². The second kappa shape index (κ2) is 7.96. The summed E-state index contributed by atoms with van der Waals surface area (Å²) < 4.78 is 10.1. The minimum atomic E-state index is -0.349. The van der Waals surface area contributed by atoms with Gasteiger partial charge in [-0.2, -0.15) is 0 Å². The van der Waals surface area contributed by atoms with Crippen LogP contribution in [0.4, 0.5) is 0 Å². The molecule has 132 valence electrons. The second-order valence-electron chi connectivity index (χ2n) is 5.15. The summed E-state index contributed by atoms with van der Waals surface area (Å²) >= 11 is 0. The third-order valence-electron chi connectivity index (χ3n) is 3.44. The molecule has 7 heteroatoms. The smallest absolute Gasteiger partial charge is 0.244 e. The topological polar surface area (TPSA) is 108 Å². The van der Waals surface area contributed by atoms with Crippen LogP contribution in [-0.4, -0.2) is 35.4 Å². The highest BCUT2D eigenvalue weighted by Gasteiger charge is 2.10. The van der Waals surface area contributed by atoms with Gasteiger partial charge in [0.1, 0.15) is 0 Å². The Balaban J connectivity index is 2.03. The Bertz CT molecular complexity index is 775. The molecule has 1 amide bonds. The SMILES string of the molecule is COc1cc(/C=C/C(=O)NCc2ccc(O)c(O)c2)cc(OC)c1O. The first-order valence-corrected chi connectivity index (χ1v) is 7.36. The number of carbonyl (C=O) groups is 1. The zero-order chi connectivity index (χ0) is 18.4. The van der Waals surface area contributed by atoms with E-state index in [1.54, 1.807) is 24.3 Å². The van der Waals surface area contributed by atoms with Crippen LogP contribution in [0.1, 0.15) is 11.1 Å². The summed E-state index contributed by atoms with van der Waals surface area (Å²) in [5.74, 6) is -0.453. The van der Waals surface area contributed by atoms with Crippen molar-refractivity contribution in [1.82, 2.24) is 5.32 Å². The summed E-state index contributed by atoms with van der Waals surface area (Å²) in [6.07, 6.45) is 2.87. The van der Waals surface area contributed by atoms with Crippen LogP contribution in [0.15, 0.2) is 36.4 Å². The van der Waals surface area contributed by atoms with Crippen LogP contribution in [0.5, 0.6) is 28.7 Å². The molecule has 0 aliphatic rings. The molecule has 0 saturated heterocycles. The Kier molecular flexibility index (Phi) is 5.73. The Morgan fingerprint density at radius 2 is 1.68 bits per heavy atom. The van der Waals surface area contributed by atoms with Crippen molar-refractivity contribution in [1.29, 1.82) is 0 Å². The van der Waals surface area contributed by atoms with Gasteiger partial charge >= 0.3 is 0 Å². The van der Waals surface area contributed by atoms with Crippen molar-refractivity contribution in [2.24, 2.45) is 0 Å². The van der Waals surface area contributed by atoms with Crippen LogP contribution in [0.25, 0.3) is 6.08 Å².